The summed E-state index contributed by atoms with van der Waals surface area (Å²) < 4.78 is 15.7. The van der Waals surface area contributed by atoms with Crippen molar-refractivity contribution in [3.8, 4) is 11.5 Å². The highest BCUT2D eigenvalue weighted by molar-refractivity contribution is 7.09. The van der Waals surface area contributed by atoms with Crippen LogP contribution in [-0.4, -0.2) is 29.1 Å². The maximum absolute atomic E-state index is 5.70. The molecule has 0 atom stereocenters. The summed E-state index contributed by atoms with van der Waals surface area (Å²) in [5.41, 5.74) is 3.22. The van der Waals surface area contributed by atoms with Gasteiger partial charge in [-0.2, -0.15) is 9.36 Å². The molecule has 0 aliphatic rings. The highest BCUT2D eigenvalue weighted by Crippen LogP contribution is 2.28. The molecule has 3 rings (SSSR count). The Labute approximate surface area is 182 Å². The number of hydrogen-bond acceptors (Lipinski definition) is 7. The van der Waals surface area contributed by atoms with Crippen LogP contribution in [0, 0.1) is 0 Å². The molecule has 6 nitrogen and oxygen atoms in total. The fourth-order valence-electron chi connectivity index (χ4n) is 2.89. The fraction of sp³-hybridized carbons (Fsp3) is 0.304. The van der Waals surface area contributed by atoms with Gasteiger partial charge in [0.1, 0.15) is 0 Å². The number of allylic oxidation sites excluding steroid dienone is 1. The van der Waals surface area contributed by atoms with Crippen LogP contribution in [0.1, 0.15) is 32.2 Å². The first-order valence-corrected chi connectivity index (χ1v) is 10.9. The van der Waals surface area contributed by atoms with Crippen LogP contribution in [0.2, 0.25) is 0 Å². The Morgan fingerprint density at radius 2 is 1.80 bits per heavy atom. The zero-order valence-electron chi connectivity index (χ0n) is 17.6. The lowest BCUT2D eigenvalue weighted by Gasteiger charge is -2.13. The molecule has 30 heavy (non-hydrogen) atoms. The zero-order chi connectivity index (χ0) is 21.2. The number of nitrogens with one attached hydrogen (secondary N) is 2. The van der Waals surface area contributed by atoms with Crippen LogP contribution in [-0.2, 0) is 6.42 Å². The fourth-order valence-corrected chi connectivity index (χ4v) is 3.46. The zero-order valence-corrected chi connectivity index (χ0v) is 18.5. The van der Waals surface area contributed by atoms with Gasteiger partial charge in [-0.3, -0.25) is 0 Å². The first-order chi connectivity index (χ1) is 14.7. The first kappa shape index (κ1) is 21.6. The summed E-state index contributed by atoms with van der Waals surface area (Å²) in [6, 6.07) is 16.1. The van der Waals surface area contributed by atoms with Crippen molar-refractivity contribution in [3.05, 3.63) is 65.6 Å². The minimum atomic E-state index is 0.616. The lowest BCUT2D eigenvalue weighted by atomic mass is 10.1. The molecule has 0 saturated carbocycles. The Kier molecular flexibility index (Phi) is 8.09. The van der Waals surface area contributed by atoms with Crippen LogP contribution in [0.25, 0.3) is 6.08 Å². The number of hydrogen-bond donors (Lipinski definition) is 2. The maximum Gasteiger partial charge on any atom is 0.207 e. The SMILES string of the molecule is CCOc1ccc(CCN/C(C)=C/c2nsc(Nc3ccccc3)n2)cc1OCC. The molecule has 0 radical (unpaired) electrons. The van der Waals surface area contributed by atoms with Crippen molar-refractivity contribution in [2.75, 3.05) is 25.1 Å². The van der Waals surface area contributed by atoms with E-state index in [2.05, 4.69) is 32.1 Å². The molecular weight excluding hydrogens is 396 g/mol. The van der Waals surface area contributed by atoms with Gasteiger partial charge in [-0.25, -0.2) is 0 Å². The van der Waals surface area contributed by atoms with Crippen molar-refractivity contribution < 1.29 is 9.47 Å². The molecule has 2 aromatic carbocycles. The van der Waals surface area contributed by atoms with E-state index in [0.29, 0.717) is 19.0 Å². The molecule has 0 amide bonds. The Balaban J connectivity index is 1.52. The number of ether oxygens (including phenoxy) is 2. The van der Waals surface area contributed by atoms with Crippen molar-refractivity contribution in [1.29, 1.82) is 0 Å². The Hall–Kier alpha value is -3.06. The van der Waals surface area contributed by atoms with Crippen LogP contribution in [0.3, 0.4) is 0 Å². The third kappa shape index (κ3) is 6.49. The van der Waals surface area contributed by atoms with E-state index in [1.807, 2.05) is 63.2 Å². The van der Waals surface area contributed by atoms with E-state index in [1.165, 1.54) is 17.1 Å². The van der Waals surface area contributed by atoms with Gasteiger partial charge in [0.25, 0.3) is 0 Å². The molecular formula is C23H28N4O2S. The van der Waals surface area contributed by atoms with E-state index in [9.17, 15) is 0 Å². The average Bonchev–Trinajstić information content (AvgIpc) is 3.17. The van der Waals surface area contributed by atoms with E-state index in [4.69, 9.17) is 9.47 Å². The van der Waals surface area contributed by atoms with Gasteiger partial charge in [-0.1, -0.05) is 24.3 Å². The topological polar surface area (TPSA) is 68.3 Å². The van der Waals surface area contributed by atoms with Crippen molar-refractivity contribution in [2.24, 2.45) is 0 Å². The molecule has 0 aliphatic carbocycles. The minimum absolute atomic E-state index is 0.616. The molecule has 3 aromatic rings. The summed E-state index contributed by atoms with van der Waals surface area (Å²) >= 11 is 1.35. The number of anilines is 2. The Morgan fingerprint density at radius 3 is 2.57 bits per heavy atom. The summed E-state index contributed by atoms with van der Waals surface area (Å²) in [7, 11) is 0. The van der Waals surface area contributed by atoms with Gasteiger partial charge in [0, 0.05) is 35.5 Å². The second-order valence-electron chi connectivity index (χ2n) is 6.60. The molecule has 0 fully saturated rings. The van der Waals surface area contributed by atoms with Gasteiger partial charge in [0.2, 0.25) is 5.13 Å². The number of nitrogens with zero attached hydrogens (tertiary/aromatic N) is 2. The van der Waals surface area contributed by atoms with Crippen molar-refractivity contribution in [2.45, 2.75) is 27.2 Å². The van der Waals surface area contributed by atoms with Gasteiger partial charge < -0.3 is 20.1 Å². The van der Waals surface area contributed by atoms with E-state index < -0.39 is 0 Å². The average molecular weight is 425 g/mol. The lowest BCUT2D eigenvalue weighted by Crippen LogP contribution is -2.15. The Bertz CT molecular complexity index is 957. The van der Waals surface area contributed by atoms with Crippen molar-refractivity contribution in [3.63, 3.8) is 0 Å². The van der Waals surface area contributed by atoms with E-state index >= 15 is 0 Å². The predicted octanol–water partition coefficient (Wildman–Crippen LogP) is 5.27. The number of rotatable bonds is 11. The van der Waals surface area contributed by atoms with Crippen molar-refractivity contribution in [1.82, 2.24) is 14.7 Å². The summed E-state index contributed by atoms with van der Waals surface area (Å²) in [6.45, 7) is 8.02. The molecule has 0 bridgehead atoms. The van der Waals surface area contributed by atoms with Crippen LogP contribution in [0.5, 0.6) is 11.5 Å². The van der Waals surface area contributed by atoms with Gasteiger partial charge in [-0.15, -0.1) is 0 Å². The minimum Gasteiger partial charge on any atom is -0.490 e. The molecule has 0 unspecified atom stereocenters. The third-order valence-corrected chi connectivity index (χ3v) is 4.88. The van der Waals surface area contributed by atoms with Gasteiger partial charge in [-0.05, 0) is 57.0 Å². The quantitative estimate of drug-likeness (QED) is 0.437. The monoisotopic (exact) mass is 424 g/mol. The number of aromatic nitrogens is 2. The largest absolute Gasteiger partial charge is 0.490 e. The summed E-state index contributed by atoms with van der Waals surface area (Å²) in [5, 5.41) is 7.46. The normalized spacial score (nSPS) is 11.2. The smallest absolute Gasteiger partial charge is 0.207 e. The standard InChI is InChI=1S/C23H28N4O2S/c1-4-28-20-12-11-18(16-21(20)29-5-2)13-14-24-17(3)15-22-26-23(30-27-22)25-19-9-7-6-8-10-19/h6-12,15-16,24H,4-5,13-14H2,1-3H3,(H,25,26,27)/b17-15+. The van der Waals surface area contributed by atoms with E-state index in [0.717, 1.165) is 41.0 Å². The maximum atomic E-state index is 5.70. The highest BCUT2D eigenvalue weighted by atomic mass is 32.1. The van der Waals surface area contributed by atoms with E-state index in [1.54, 1.807) is 0 Å². The molecule has 158 valence electrons. The van der Waals surface area contributed by atoms with E-state index in [-0.39, 0.29) is 0 Å². The molecule has 0 aliphatic heterocycles. The second-order valence-corrected chi connectivity index (χ2v) is 7.35. The summed E-state index contributed by atoms with van der Waals surface area (Å²) in [6.07, 6.45) is 2.83. The third-order valence-electron chi connectivity index (χ3n) is 4.24. The molecule has 0 spiro atoms. The van der Waals surface area contributed by atoms with Gasteiger partial charge >= 0.3 is 0 Å². The van der Waals surface area contributed by atoms with Crippen LogP contribution in [0.15, 0.2) is 54.2 Å². The molecule has 1 aromatic heterocycles. The number of benzene rings is 2. The molecule has 1 heterocycles. The van der Waals surface area contributed by atoms with Crippen LogP contribution in [0.4, 0.5) is 10.8 Å². The summed E-state index contributed by atoms with van der Waals surface area (Å²) in [4.78, 5) is 4.52. The molecule has 2 N–H and O–H groups in total. The first-order valence-electron chi connectivity index (χ1n) is 10.1. The Morgan fingerprint density at radius 1 is 1.03 bits per heavy atom. The highest BCUT2D eigenvalue weighted by Gasteiger charge is 2.06. The lowest BCUT2D eigenvalue weighted by molar-refractivity contribution is 0.287. The number of para-hydroxylation sites is 1. The molecule has 7 heteroatoms. The van der Waals surface area contributed by atoms with Crippen LogP contribution < -0.4 is 20.1 Å². The molecule has 0 saturated heterocycles. The summed E-state index contributed by atoms with van der Waals surface area (Å²) in [5.74, 6) is 2.29. The van der Waals surface area contributed by atoms with Gasteiger partial charge in [0.05, 0.1) is 13.2 Å². The van der Waals surface area contributed by atoms with Gasteiger partial charge in [0.15, 0.2) is 17.3 Å². The van der Waals surface area contributed by atoms with Crippen LogP contribution >= 0.6 is 11.5 Å². The van der Waals surface area contributed by atoms with Crippen molar-refractivity contribution >= 4 is 28.4 Å². The second kappa shape index (κ2) is 11.2. The predicted molar refractivity (Wildman–Crippen MR) is 124 cm³/mol.